The van der Waals surface area contributed by atoms with Crippen LogP contribution in [0.2, 0.25) is 0 Å². The number of hydrogen-bond donors (Lipinski definition) is 0. The Morgan fingerprint density at radius 3 is 1.04 bits per heavy atom. The van der Waals surface area contributed by atoms with Crippen molar-refractivity contribution in [3.63, 3.8) is 0 Å². The topological polar surface area (TPSA) is 18.5 Å². The average molecular weight is 873 g/mol. The largest absolute Gasteiger partial charge is 0.488 e. The lowest BCUT2D eigenvalue weighted by molar-refractivity contribution is 0.213. The van der Waals surface area contributed by atoms with Crippen LogP contribution in [0, 0.1) is 13.8 Å². The number of rotatable bonds is 5. The van der Waals surface area contributed by atoms with Crippen LogP contribution in [0.1, 0.15) is 11.1 Å². The molecule has 0 heterocycles. The van der Waals surface area contributed by atoms with Crippen LogP contribution in [0.15, 0.2) is 35.8 Å². The molecule has 2 rings (SSSR count). The smallest absolute Gasteiger partial charge is 0.138 e. The lowest BCUT2D eigenvalue weighted by Gasteiger charge is -2.18. The molecule has 0 saturated carbocycles. The summed E-state index contributed by atoms with van der Waals surface area (Å²) in [5.74, 6) is 1.54. The summed E-state index contributed by atoms with van der Waals surface area (Å²) < 4.78 is 19.2. The van der Waals surface area contributed by atoms with Crippen LogP contribution in [0.25, 0.3) is 0 Å². The summed E-state index contributed by atoms with van der Waals surface area (Å²) in [6.45, 7) is 4.78. The van der Waals surface area contributed by atoms with Crippen LogP contribution in [0.3, 0.4) is 0 Å². The number of hydrogen-bond acceptors (Lipinski definition) is 2. The maximum absolute atomic E-state index is 5.97. The third-order valence-corrected chi connectivity index (χ3v) is 13.3. The maximum atomic E-state index is 5.97. The molecule has 2 aromatic carbocycles. The van der Waals surface area contributed by atoms with Crippen LogP contribution in [-0.2, 0) is 0 Å². The van der Waals surface area contributed by atoms with Crippen molar-refractivity contribution in [3.8, 4) is 11.5 Å². The standard InChI is InChI=1S/C16H10Br8O2/c1-5-7(17)9(19)11(21)13(23)15(5)25-3-4-26-16-6(2)8(18)10(20)12(22)14(16)24/h3-4H2,1-2H3. The van der Waals surface area contributed by atoms with Crippen LogP contribution in [0.4, 0.5) is 0 Å². The summed E-state index contributed by atoms with van der Waals surface area (Å²) in [6.07, 6.45) is 0. The van der Waals surface area contributed by atoms with Gasteiger partial charge < -0.3 is 9.47 Å². The lowest BCUT2D eigenvalue weighted by atomic mass is 10.2. The Morgan fingerprint density at radius 1 is 0.462 bits per heavy atom. The molecule has 0 unspecified atom stereocenters. The van der Waals surface area contributed by atoms with Gasteiger partial charge in [0.15, 0.2) is 0 Å². The van der Waals surface area contributed by atoms with Gasteiger partial charge in [-0.1, -0.05) is 0 Å². The SMILES string of the molecule is Cc1c(Br)c(Br)c(Br)c(Br)c1OCCOc1c(C)c(Br)c(Br)c(Br)c1Br. The van der Waals surface area contributed by atoms with E-state index in [0.717, 1.165) is 58.4 Å². The molecule has 26 heavy (non-hydrogen) atoms. The van der Waals surface area contributed by atoms with Crippen molar-refractivity contribution in [2.45, 2.75) is 13.8 Å². The van der Waals surface area contributed by atoms with Gasteiger partial charge in [0.05, 0.1) is 17.9 Å². The van der Waals surface area contributed by atoms with Gasteiger partial charge in [0.1, 0.15) is 24.7 Å². The maximum Gasteiger partial charge on any atom is 0.138 e. The van der Waals surface area contributed by atoms with E-state index in [4.69, 9.17) is 9.47 Å². The zero-order chi connectivity index (χ0) is 19.8. The summed E-state index contributed by atoms with van der Waals surface area (Å²) >= 11 is 28.5. The Morgan fingerprint density at radius 2 is 0.731 bits per heavy atom. The van der Waals surface area contributed by atoms with Gasteiger partial charge in [0, 0.05) is 29.0 Å². The van der Waals surface area contributed by atoms with Crippen molar-refractivity contribution in [3.05, 3.63) is 46.9 Å². The molecule has 0 bridgehead atoms. The first-order valence-corrected chi connectivity index (χ1v) is 13.3. The molecular formula is C16H10Br8O2. The molecule has 0 spiro atoms. The summed E-state index contributed by atoms with van der Waals surface area (Å²) in [5, 5.41) is 0. The van der Waals surface area contributed by atoms with Gasteiger partial charge in [-0.25, -0.2) is 0 Å². The van der Waals surface area contributed by atoms with E-state index in [-0.39, 0.29) is 0 Å². The van der Waals surface area contributed by atoms with Gasteiger partial charge in [-0.3, -0.25) is 0 Å². The lowest BCUT2D eigenvalue weighted by Crippen LogP contribution is -2.11. The van der Waals surface area contributed by atoms with Gasteiger partial charge in [-0.2, -0.15) is 0 Å². The minimum atomic E-state index is 0.400. The van der Waals surface area contributed by atoms with Crippen molar-refractivity contribution in [1.29, 1.82) is 0 Å². The molecule has 0 N–H and O–H groups in total. The van der Waals surface area contributed by atoms with E-state index in [1.165, 1.54) is 0 Å². The molecule has 0 radical (unpaired) electrons. The second kappa shape index (κ2) is 10.3. The van der Waals surface area contributed by atoms with Gasteiger partial charge in [-0.05, 0) is 141 Å². The molecule has 2 aromatic rings. The molecule has 10 heteroatoms. The van der Waals surface area contributed by atoms with Gasteiger partial charge in [-0.15, -0.1) is 0 Å². The zero-order valence-electron chi connectivity index (χ0n) is 13.3. The third kappa shape index (κ3) is 4.95. The second-order valence-corrected chi connectivity index (χ2v) is 11.5. The highest BCUT2D eigenvalue weighted by Crippen LogP contribution is 2.47. The van der Waals surface area contributed by atoms with Crippen LogP contribution >= 0.6 is 127 Å². The number of halogens is 8. The minimum absolute atomic E-state index is 0.400. The van der Waals surface area contributed by atoms with E-state index in [1.54, 1.807) is 0 Å². The Bertz CT molecular complexity index is 737. The van der Waals surface area contributed by atoms with Crippen LogP contribution < -0.4 is 9.47 Å². The monoisotopic (exact) mass is 865 g/mol. The Kier molecular flexibility index (Phi) is 9.54. The molecule has 0 aromatic heterocycles. The summed E-state index contributed by atoms with van der Waals surface area (Å²) in [6, 6.07) is 0. The molecule has 0 aliphatic heterocycles. The van der Waals surface area contributed by atoms with E-state index in [2.05, 4.69) is 127 Å². The predicted molar refractivity (Wildman–Crippen MR) is 135 cm³/mol. The molecule has 0 amide bonds. The van der Waals surface area contributed by atoms with E-state index >= 15 is 0 Å². The van der Waals surface area contributed by atoms with Gasteiger partial charge >= 0.3 is 0 Å². The highest BCUT2D eigenvalue weighted by Gasteiger charge is 2.19. The predicted octanol–water partition coefficient (Wildman–Crippen LogP) is 9.86. The fraction of sp³-hybridized carbons (Fsp3) is 0.250. The normalized spacial score (nSPS) is 11.0. The molecule has 2 nitrogen and oxygen atoms in total. The van der Waals surface area contributed by atoms with Crippen molar-refractivity contribution in [2.75, 3.05) is 13.2 Å². The molecule has 0 saturated heterocycles. The van der Waals surface area contributed by atoms with Crippen molar-refractivity contribution >= 4 is 127 Å². The second-order valence-electron chi connectivity index (χ2n) is 5.12. The fourth-order valence-electron chi connectivity index (χ4n) is 2.07. The van der Waals surface area contributed by atoms with Crippen molar-refractivity contribution in [2.24, 2.45) is 0 Å². The summed E-state index contributed by atoms with van der Waals surface area (Å²) in [5.41, 5.74) is 2.00. The van der Waals surface area contributed by atoms with E-state index < -0.39 is 0 Å². The highest BCUT2D eigenvalue weighted by molar-refractivity contribution is 9.15. The first kappa shape index (κ1) is 24.2. The van der Waals surface area contributed by atoms with Crippen LogP contribution in [0.5, 0.6) is 11.5 Å². The minimum Gasteiger partial charge on any atom is -0.488 e. The van der Waals surface area contributed by atoms with Crippen LogP contribution in [-0.4, -0.2) is 13.2 Å². The van der Waals surface area contributed by atoms with Crippen molar-refractivity contribution in [1.82, 2.24) is 0 Å². The Hall–Kier alpha value is 1.88. The molecular weight excluding hydrogens is 863 g/mol. The molecule has 142 valence electrons. The van der Waals surface area contributed by atoms with Crippen molar-refractivity contribution < 1.29 is 9.47 Å². The zero-order valence-corrected chi connectivity index (χ0v) is 25.9. The molecule has 0 fully saturated rings. The number of benzene rings is 2. The van der Waals surface area contributed by atoms with E-state index in [9.17, 15) is 0 Å². The fourth-order valence-corrected chi connectivity index (χ4v) is 6.86. The summed E-state index contributed by atoms with van der Waals surface area (Å²) in [4.78, 5) is 0. The Labute approximate surface area is 219 Å². The average Bonchev–Trinajstić information content (AvgIpc) is 2.63. The van der Waals surface area contributed by atoms with E-state index in [0.29, 0.717) is 13.2 Å². The van der Waals surface area contributed by atoms with Gasteiger partial charge in [0.25, 0.3) is 0 Å². The first-order valence-electron chi connectivity index (χ1n) is 7.00. The molecule has 0 atom stereocenters. The Balaban J connectivity index is 2.14. The summed E-state index contributed by atoms with van der Waals surface area (Å²) in [7, 11) is 0. The first-order chi connectivity index (χ1) is 12.1. The molecule has 0 aliphatic rings. The highest BCUT2D eigenvalue weighted by atomic mass is 79.9. The third-order valence-electron chi connectivity index (χ3n) is 3.47. The van der Waals surface area contributed by atoms with Gasteiger partial charge in [0.2, 0.25) is 0 Å². The number of ether oxygens (including phenoxy) is 2. The quantitative estimate of drug-likeness (QED) is 0.169. The molecule has 0 aliphatic carbocycles. The van der Waals surface area contributed by atoms with E-state index in [1.807, 2.05) is 13.8 Å².